The topological polar surface area (TPSA) is 41.5 Å². The molecule has 0 radical (unpaired) electrons. The average molecular weight is 277 g/mol. The van der Waals surface area contributed by atoms with E-state index in [9.17, 15) is 5.11 Å². The fourth-order valence-electron chi connectivity index (χ4n) is 1.99. The Bertz CT molecular complexity index is 523. The van der Waals surface area contributed by atoms with Crippen LogP contribution in [0.3, 0.4) is 0 Å². The third kappa shape index (κ3) is 3.20. The van der Waals surface area contributed by atoms with E-state index in [1.807, 2.05) is 6.07 Å². The Morgan fingerprint density at radius 2 is 2.05 bits per heavy atom. The fourth-order valence-corrected chi connectivity index (χ4v) is 2.94. The van der Waals surface area contributed by atoms with Gasteiger partial charge in [0.05, 0.1) is 13.2 Å². The molecule has 1 heterocycles. The molecule has 102 valence electrons. The molecule has 2 rings (SSSR count). The highest BCUT2D eigenvalue weighted by Crippen LogP contribution is 2.33. The highest BCUT2D eigenvalue weighted by molar-refractivity contribution is 7.10. The molecule has 0 aliphatic carbocycles. The maximum Gasteiger partial charge on any atom is 0.160 e. The molecule has 1 aromatic heterocycles. The number of methoxy groups -OCH3 is 1. The van der Waals surface area contributed by atoms with Crippen LogP contribution in [0.2, 0.25) is 0 Å². The fraction of sp³-hybridized carbons (Fsp3) is 0.333. The summed E-state index contributed by atoms with van der Waals surface area (Å²) in [5.41, 5.74) is 0.894. The van der Waals surface area contributed by atoms with Gasteiger partial charge in [-0.3, -0.25) is 0 Å². The molecule has 19 heavy (non-hydrogen) atoms. The highest BCUT2D eigenvalue weighted by atomic mass is 32.1. The molecule has 1 aromatic carbocycles. The number of ether oxygens (including phenoxy) is 1. The van der Waals surface area contributed by atoms with Gasteiger partial charge in [0.2, 0.25) is 0 Å². The second-order valence-corrected chi connectivity index (χ2v) is 5.75. The molecule has 0 spiro atoms. The zero-order chi connectivity index (χ0) is 13.8. The largest absolute Gasteiger partial charge is 0.504 e. The van der Waals surface area contributed by atoms with E-state index >= 15 is 0 Å². The molecule has 0 saturated carbocycles. The standard InChI is InChI=1S/C15H19NO2S/c1-10(2)15(14-5-4-8-19-14)16-11-6-7-13(18-3)12(17)9-11/h4-10,15-17H,1-3H3. The van der Waals surface area contributed by atoms with Crippen LogP contribution in [0.25, 0.3) is 0 Å². The maximum absolute atomic E-state index is 9.81. The first-order valence-electron chi connectivity index (χ1n) is 6.28. The second kappa shape index (κ2) is 5.97. The SMILES string of the molecule is COc1ccc(NC(c2cccs2)C(C)C)cc1O. The van der Waals surface area contributed by atoms with Crippen LogP contribution in [-0.2, 0) is 0 Å². The van der Waals surface area contributed by atoms with Crippen molar-refractivity contribution in [3.05, 3.63) is 40.6 Å². The maximum atomic E-state index is 9.81. The molecule has 3 nitrogen and oxygen atoms in total. The van der Waals surface area contributed by atoms with Crippen LogP contribution in [0.15, 0.2) is 35.7 Å². The van der Waals surface area contributed by atoms with Gasteiger partial charge in [-0.15, -0.1) is 11.3 Å². The molecule has 1 unspecified atom stereocenters. The number of phenolic OH excluding ortho intramolecular Hbond substituents is 1. The number of hydrogen-bond donors (Lipinski definition) is 2. The highest BCUT2D eigenvalue weighted by Gasteiger charge is 2.17. The van der Waals surface area contributed by atoms with Crippen LogP contribution in [0.5, 0.6) is 11.5 Å². The Balaban J connectivity index is 2.20. The summed E-state index contributed by atoms with van der Waals surface area (Å²) in [5, 5.41) is 15.4. The summed E-state index contributed by atoms with van der Waals surface area (Å²) >= 11 is 1.74. The molecule has 0 fully saturated rings. The van der Waals surface area contributed by atoms with Crippen molar-refractivity contribution in [3.8, 4) is 11.5 Å². The molecule has 0 saturated heterocycles. The number of hydrogen-bond acceptors (Lipinski definition) is 4. The third-order valence-corrected chi connectivity index (χ3v) is 3.97. The lowest BCUT2D eigenvalue weighted by Gasteiger charge is -2.22. The van der Waals surface area contributed by atoms with Crippen molar-refractivity contribution in [3.63, 3.8) is 0 Å². The number of nitrogens with one attached hydrogen (secondary N) is 1. The Kier molecular flexibility index (Phi) is 4.32. The van der Waals surface area contributed by atoms with Gasteiger partial charge in [0.1, 0.15) is 0 Å². The lowest BCUT2D eigenvalue weighted by atomic mass is 10.0. The van der Waals surface area contributed by atoms with E-state index in [2.05, 4.69) is 36.7 Å². The van der Waals surface area contributed by atoms with E-state index in [0.29, 0.717) is 11.7 Å². The normalized spacial score (nSPS) is 12.4. The minimum absolute atomic E-state index is 0.154. The van der Waals surface area contributed by atoms with Crippen molar-refractivity contribution in [2.24, 2.45) is 5.92 Å². The van der Waals surface area contributed by atoms with E-state index in [1.165, 1.54) is 4.88 Å². The predicted molar refractivity (Wildman–Crippen MR) is 80.2 cm³/mol. The molecule has 2 N–H and O–H groups in total. The van der Waals surface area contributed by atoms with Gasteiger partial charge in [0.15, 0.2) is 11.5 Å². The molecule has 1 atom stereocenters. The monoisotopic (exact) mass is 277 g/mol. The molecule has 0 aliphatic heterocycles. The van der Waals surface area contributed by atoms with Crippen molar-refractivity contribution >= 4 is 17.0 Å². The summed E-state index contributed by atoms with van der Waals surface area (Å²) in [4.78, 5) is 1.30. The first-order valence-corrected chi connectivity index (χ1v) is 7.16. The van der Waals surface area contributed by atoms with Crippen LogP contribution in [0.1, 0.15) is 24.8 Å². The minimum Gasteiger partial charge on any atom is -0.504 e. The van der Waals surface area contributed by atoms with Crippen LogP contribution >= 0.6 is 11.3 Å². The zero-order valence-electron chi connectivity index (χ0n) is 11.4. The molecule has 0 aliphatic rings. The van der Waals surface area contributed by atoms with Gasteiger partial charge < -0.3 is 15.2 Å². The van der Waals surface area contributed by atoms with Gasteiger partial charge in [-0.05, 0) is 29.5 Å². The van der Waals surface area contributed by atoms with Crippen LogP contribution in [0, 0.1) is 5.92 Å². The smallest absolute Gasteiger partial charge is 0.160 e. The van der Waals surface area contributed by atoms with Crippen molar-refractivity contribution < 1.29 is 9.84 Å². The van der Waals surface area contributed by atoms with E-state index < -0.39 is 0 Å². The Morgan fingerprint density at radius 3 is 2.58 bits per heavy atom. The summed E-state index contributed by atoms with van der Waals surface area (Å²) in [6.45, 7) is 4.36. The number of phenols is 1. The molecular formula is C15H19NO2S. The van der Waals surface area contributed by atoms with E-state index in [0.717, 1.165) is 5.69 Å². The van der Waals surface area contributed by atoms with Crippen LogP contribution in [0.4, 0.5) is 5.69 Å². The van der Waals surface area contributed by atoms with Crippen molar-refractivity contribution in [1.82, 2.24) is 0 Å². The first kappa shape index (κ1) is 13.7. The summed E-state index contributed by atoms with van der Waals surface area (Å²) < 4.78 is 5.05. The van der Waals surface area contributed by atoms with Gasteiger partial charge in [0, 0.05) is 16.6 Å². The van der Waals surface area contributed by atoms with E-state index in [1.54, 1.807) is 30.6 Å². The minimum atomic E-state index is 0.154. The molecule has 0 amide bonds. The summed E-state index contributed by atoms with van der Waals surface area (Å²) in [5.74, 6) is 1.10. The van der Waals surface area contributed by atoms with Gasteiger partial charge in [-0.2, -0.15) is 0 Å². The Hall–Kier alpha value is -1.68. The average Bonchev–Trinajstić information content (AvgIpc) is 2.89. The molecule has 4 heteroatoms. The zero-order valence-corrected chi connectivity index (χ0v) is 12.2. The number of thiophene rings is 1. The van der Waals surface area contributed by atoms with Crippen LogP contribution < -0.4 is 10.1 Å². The Labute approximate surface area is 117 Å². The second-order valence-electron chi connectivity index (χ2n) is 4.77. The first-order chi connectivity index (χ1) is 9.11. The predicted octanol–water partition coefficient (Wildman–Crippen LogP) is 4.27. The van der Waals surface area contributed by atoms with E-state index in [4.69, 9.17) is 4.74 Å². The van der Waals surface area contributed by atoms with Crippen molar-refractivity contribution in [2.75, 3.05) is 12.4 Å². The Morgan fingerprint density at radius 1 is 1.26 bits per heavy atom. The quantitative estimate of drug-likeness (QED) is 0.857. The van der Waals surface area contributed by atoms with Gasteiger partial charge in [-0.25, -0.2) is 0 Å². The molecular weight excluding hydrogens is 258 g/mol. The lowest BCUT2D eigenvalue weighted by molar-refractivity contribution is 0.373. The summed E-state index contributed by atoms with van der Waals surface area (Å²) in [6.07, 6.45) is 0. The summed E-state index contributed by atoms with van der Waals surface area (Å²) in [7, 11) is 1.55. The summed E-state index contributed by atoms with van der Waals surface area (Å²) in [6, 6.07) is 9.81. The lowest BCUT2D eigenvalue weighted by Crippen LogP contribution is -2.15. The van der Waals surface area contributed by atoms with Gasteiger partial charge in [0.25, 0.3) is 0 Å². The van der Waals surface area contributed by atoms with Crippen molar-refractivity contribution in [1.29, 1.82) is 0 Å². The number of rotatable bonds is 5. The van der Waals surface area contributed by atoms with Gasteiger partial charge >= 0.3 is 0 Å². The molecule has 0 bridgehead atoms. The van der Waals surface area contributed by atoms with Gasteiger partial charge in [-0.1, -0.05) is 19.9 Å². The van der Waals surface area contributed by atoms with Crippen LogP contribution in [-0.4, -0.2) is 12.2 Å². The molecule has 2 aromatic rings. The number of aromatic hydroxyl groups is 1. The number of anilines is 1. The van der Waals surface area contributed by atoms with Crippen molar-refractivity contribution in [2.45, 2.75) is 19.9 Å². The number of benzene rings is 1. The third-order valence-electron chi connectivity index (χ3n) is 3.02. The van der Waals surface area contributed by atoms with E-state index in [-0.39, 0.29) is 11.8 Å².